The minimum atomic E-state index is -0.357. The third-order valence-electron chi connectivity index (χ3n) is 3.59. The highest BCUT2D eigenvalue weighted by molar-refractivity contribution is 8.27. The lowest BCUT2D eigenvalue weighted by Crippen LogP contribution is -2.28. The second-order valence-corrected chi connectivity index (χ2v) is 7.00. The standard InChI is InChI=1S/C18H14FNOS2/c1-11-7-8-12(2)15(9-11)20-17(21)16(23-18(20)22)10-13-5-3-4-6-14(13)19/h3-10H,1-2H3/b16-10-. The Morgan fingerprint density at radius 2 is 1.91 bits per heavy atom. The molecule has 0 N–H and O–H groups in total. The smallest absolute Gasteiger partial charge is 0.268 e. The van der Waals surface area contributed by atoms with Crippen LogP contribution in [0.3, 0.4) is 0 Å². The number of hydrogen-bond donors (Lipinski definition) is 0. The van der Waals surface area contributed by atoms with Crippen LogP contribution in [0.25, 0.3) is 6.08 Å². The van der Waals surface area contributed by atoms with Crippen molar-refractivity contribution in [2.75, 3.05) is 4.90 Å². The molecule has 1 heterocycles. The van der Waals surface area contributed by atoms with Crippen LogP contribution in [-0.4, -0.2) is 10.2 Å². The van der Waals surface area contributed by atoms with E-state index in [1.54, 1.807) is 24.3 Å². The highest BCUT2D eigenvalue weighted by Gasteiger charge is 2.34. The molecular weight excluding hydrogens is 329 g/mol. The van der Waals surface area contributed by atoms with E-state index in [1.165, 1.54) is 22.7 Å². The van der Waals surface area contributed by atoms with Crippen LogP contribution >= 0.6 is 24.0 Å². The molecule has 3 rings (SSSR count). The lowest BCUT2D eigenvalue weighted by atomic mass is 10.1. The van der Waals surface area contributed by atoms with Gasteiger partial charge < -0.3 is 0 Å². The maximum atomic E-state index is 13.8. The Balaban J connectivity index is 2.01. The van der Waals surface area contributed by atoms with Crippen LogP contribution in [-0.2, 0) is 4.79 Å². The normalized spacial score (nSPS) is 16.5. The third-order valence-corrected chi connectivity index (χ3v) is 4.89. The lowest BCUT2D eigenvalue weighted by molar-refractivity contribution is -0.113. The summed E-state index contributed by atoms with van der Waals surface area (Å²) in [5.41, 5.74) is 3.19. The quantitative estimate of drug-likeness (QED) is 0.574. The first-order valence-corrected chi connectivity index (χ1v) is 8.29. The first-order chi connectivity index (χ1) is 11.0. The molecule has 2 aromatic carbocycles. The molecule has 0 unspecified atom stereocenters. The van der Waals surface area contributed by atoms with E-state index in [2.05, 4.69) is 0 Å². The van der Waals surface area contributed by atoms with Gasteiger partial charge in [0.25, 0.3) is 5.91 Å². The Kier molecular flexibility index (Phi) is 4.33. The summed E-state index contributed by atoms with van der Waals surface area (Å²) in [6.07, 6.45) is 1.56. The van der Waals surface area contributed by atoms with E-state index in [9.17, 15) is 9.18 Å². The highest BCUT2D eigenvalue weighted by atomic mass is 32.2. The van der Waals surface area contributed by atoms with Gasteiger partial charge in [0.15, 0.2) is 4.32 Å². The predicted molar refractivity (Wildman–Crippen MR) is 98.0 cm³/mol. The number of anilines is 1. The summed E-state index contributed by atoms with van der Waals surface area (Å²) in [7, 11) is 0. The molecule has 1 fully saturated rings. The molecule has 1 aliphatic rings. The van der Waals surface area contributed by atoms with Gasteiger partial charge in [-0.2, -0.15) is 0 Å². The average molecular weight is 343 g/mol. The molecule has 1 amide bonds. The maximum Gasteiger partial charge on any atom is 0.270 e. The number of thioether (sulfide) groups is 1. The minimum absolute atomic E-state index is 0.211. The van der Waals surface area contributed by atoms with Crippen molar-refractivity contribution in [1.29, 1.82) is 0 Å². The number of amides is 1. The number of carbonyl (C=O) groups excluding carboxylic acids is 1. The van der Waals surface area contributed by atoms with Crippen LogP contribution in [0.5, 0.6) is 0 Å². The Hall–Kier alpha value is -1.98. The Morgan fingerprint density at radius 1 is 1.17 bits per heavy atom. The predicted octanol–water partition coefficient (Wildman–Crippen LogP) is 4.85. The first kappa shape index (κ1) is 15.9. The van der Waals surface area contributed by atoms with Gasteiger partial charge in [-0.3, -0.25) is 9.69 Å². The number of carbonyl (C=O) groups is 1. The van der Waals surface area contributed by atoms with Crippen molar-refractivity contribution in [3.63, 3.8) is 0 Å². The molecule has 0 aliphatic carbocycles. The second kappa shape index (κ2) is 6.26. The monoisotopic (exact) mass is 343 g/mol. The molecule has 0 bridgehead atoms. The Morgan fingerprint density at radius 3 is 2.65 bits per heavy atom. The molecule has 0 saturated carbocycles. The largest absolute Gasteiger partial charge is 0.270 e. The summed E-state index contributed by atoms with van der Waals surface area (Å²) in [4.78, 5) is 14.7. The number of thiocarbonyl (C=S) groups is 1. The molecule has 116 valence electrons. The van der Waals surface area contributed by atoms with E-state index in [1.807, 2.05) is 32.0 Å². The molecule has 0 aromatic heterocycles. The fraction of sp³-hybridized carbons (Fsp3) is 0.111. The lowest BCUT2D eigenvalue weighted by Gasteiger charge is -2.17. The number of halogens is 1. The molecular formula is C18H14FNOS2. The van der Waals surface area contributed by atoms with Gasteiger partial charge in [0.1, 0.15) is 5.82 Å². The van der Waals surface area contributed by atoms with Crippen LogP contribution < -0.4 is 4.90 Å². The Labute approximate surface area is 144 Å². The summed E-state index contributed by atoms with van der Waals surface area (Å²) >= 11 is 6.56. The molecule has 1 saturated heterocycles. The summed E-state index contributed by atoms with van der Waals surface area (Å²) in [6, 6.07) is 12.3. The fourth-order valence-electron chi connectivity index (χ4n) is 2.37. The molecule has 5 heteroatoms. The summed E-state index contributed by atoms with van der Waals surface area (Å²) in [6.45, 7) is 3.91. The van der Waals surface area contributed by atoms with E-state index in [0.29, 0.717) is 14.8 Å². The average Bonchev–Trinajstić information content (AvgIpc) is 2.79. The van der Waals surface area contributed by atoms with Gasteiger partial charge in [0.05, 0.1) is 10.6 Å². The van der Waals surface area contributed by atoms with Gasteiger partial charge in [0, 0.05) is 5.56 Å². The zero-order valence-corrected chi connectivity index (χ0v) is 14.3. The van der Waals surface area contributed by atoms with Crippen LogP contribution in [0, 0.1) is 19.7 Å². The number of benzene rings is 2. The molecule has 0 atom stereocenters. The fourth-order valence-corrected chi connectivity index (χ4v) is 3.64. The summed E-state index contributed by atoms with van der Waals surface area (Å²) in [5, 5.41) is 0. The molecule has 0 radical (unpaired) electrons. The topological polar surface area (TPSA) is 20.3 Å². The van der Waals surface area contributed by atoms with Crippen LogP contribution in [0.4, 0.5) is 10.1 Å². The SMILES string of the molecule is Cc1ccc(C)c(N2C(=O)/C(=C/c3ccccc3F)SC2=S)c1. The van der Waals surface area contributed by atoms with Gasteiger partial charge in [-0.05, 0) is 43.2 Å². The van der Waals surface area contributed by atoms with E-state index in [4.69, 9.17) is 12.2 Å². The van der Waals surface area contributed by atoms with E-state index < -0.39 is 0 Å². The van der Waals surface area contributed by atoms with Gasteiger partial charge in [0.2, 0.25) is 0 Å². The molecule has 23 heavy (non-hydrogen) atoms. The number of rotatable bonds is 2. The van der Waals surface area contributed by atoms with Crippen LogP contribution in [0.2, 0.25) is 0 Å². The van der Waals surface area contributed by atoms with Crippen molar-refractivity contribution in [3.05, 3.63) is 69.9 Å². The van der Waals surface area contributed by atoms with E-state index in [0.717, 1.165) is 16.8 Å². The summed E-state index contributed by atoms with van der Waals surface area (Å²) < 4.78 is 14.3. The van der Waals surface area contributed by atoms with Crippen LogP contribution in [0.1, 0.15) is 16.7 Å². The number of nitrogens with zero attached hydrogens (tertiary/aromatic N) is 1. The van der Waals surface area contributed by atoms with Crippen molar-refractivity contribution in [3.8, 4) is 0 Å². The zero-order chi connectivity index (χ0) is 16.6. The van der Waals surface area contributed by atoms with Gasteiger partial charge in [-0.1, -0.05) is 54.3 Å². The highest BCUT2D eigenvalue weighted by Crippen LogP contribution is 2.37. The van der Waals surface area contributed by atoms with E-state index >= 15 is 0 Å². The van der Waals surface area contributed by atoms with E-state index in [-0.39, 0.29) is 11.7 Å². The van der Waals surface area contributed by atoms with Crippen molar-refractivity contribution >= 4 is 46.0 Å². The Bertz CT molecular complexity index is 845. The molecule has 2 aromatic rings. The van der Waals surface area contributed by atoms with Crippen molar-refractivity contribution in [2.24, 2.45) is 0 Å². The maximum absolute atomic E-state index is 13.8. The second-order valence-electron chi connectivity index (χ2n) is 5.33. The summed E-state index contributed by atoms with van der Waals surface area (Å²) in [5.74, 6) is -0.568. The van der Waals surface area contributed by atoms with Gasteiger partial charge in [-0.25, -0.2) is 4.39 Å². The van der Waals surface area contributed by atoms with Crippen molar-refractivity contribution in [1.82, 2.24) is 0 Å². The van der Waals surface area contributed by atoms with Gasteiger partial charge in [-0.15, -0.1) is 0 Å². The third kappa shape index (κ3) is 3.07. The first-order valence-electron chi connectivity index (χ1n) is 7.07. The zero-order valence-electron chi connectivity index (χ0n) is 12.7. The van der Waals surface area contributed by atoms with Crippen molar-refractivity contribution in [2.45, 2.75) is 13.8 Å². The molecule has 2 nitrogen and oxygen atoms in total. The number of aryl methyl sites for hydroxylation is 2. The van der Waals surface area contributed by atoms with Crippen molar-refractivity contribution < 1.29 is 9.18 Å². The molecule has 1 aliphatic heterocycles. The van der Waals surface area contributed by atoms with Crippen LogP contribution in [0.15, 0.2) is 47.4 Å². The minimum Gasteiger partial charge on any atom is -0.268 e. The van der Waals surface area contributed by atoms with Gasteiger partial charge >= 0.3 is 0 Å². The number of hydrogen-bond acceptors (Lipinski definition) is 3. The molecule has 0 spiro atoms.